The zero-order valence-electron chi connectivity index (χ0n) is 26.3. The van der Waals surface area contributed by atoms with E-state index < -0.39 is 11.9 Å². The molecule has 2 nitrogen and oxygen atoms in total. The van der Waals surface area contributed by atoms with Gasteiger partial charge in [0.25, 0.3) is 0 Å². The standard InChI is InChI=1S/C44H29F3N2/c45-44(46,47)40-23-12-24-41(48-40)49(34-17-5-2-6-18-34)35-27-25-31(26-28-35)42-36-19-7-9-21-38(36)43(39-22-10-8-20-37(39)42)33-16-11-15-32(29-33)30-13-3-1-4-14-30/h1-29H. The maximum absolute atomic E-state index is 13.7. The summed E-state index contributed by atoms with van der Waals surface area (Å²) in [6.45, 7) is 0. The van der Waals surface area contributed by atoms with E-state index in [2.05, 4.69) is 102 Å². The molecule has 0 aliphatic carbocycles. The van der Waals surface area contributed by atoms with Gasteiger partial charge in [-0.2, -0.15) is 13.2 Å². The van der Waals surface area contributed by atoms with Gasteiger partial charge in [0.1, 0.15) is 11.5 Å². The van der Waals surface area contributed by atoms with Crippen molar-refractivity contribution in [1.82, 2.24) is 4.98 Å². The first-order valence-corrected chi connectivity index (χ1v) is 16.0. The zero-order chi connectivity index (χ0) is 33.4. The van der Waals surface area contributed by atoms with Gasteiger partial charge < -0.3 is 0 Å². The van der Waals surface area contributed by atoms with E-state index in [4.69, 9.17) is 0 Å². The van der Waals surface area contributed by atoms with Gasteiger partial charge in [-0.25, -0.2) is 4.98 Å². The van der Waals surface area contributed by atoms with Crippen molar-refractivity contribution in [3.8, 4) is 33.4 Å². The van der Waals surface area contributed by atoms with Gasteiger partial charge in [0.15, 0.2) is 0 Å². The molecule has 0 unspecified atom stereocenters. The van der Waals surface area contributed by atoms with E-state index in [-0.39, 0.29) is 5.82 Å². The number of para-hydroxylation sites is 1. The molecule has 0 bridgehead atoms. The minimum Gasteiger partial charge on any atom is -0.295 e. The van der Waals surface area contributed by atoms with Crippen LogP contribution in [0.25, 0.3) is 54.9 Å². The topological polar surface area (TPSA) is 16.1 Å². The third-order valence-electron chi connectivity index (χ3n) is 8.87. The van der Waals surface area contributed by atoms with Crippen molar-refractivity contribution in [3.05, 3.63) is 182 Å². The Kier molecular flexibility index (Phi) is 7.65. The van der Waals surface area contributed by atoms with E-state index in [0.717, 1.165) is 49.9 Å². The van der Waals surface area contributed by atoms with E-state index in [9.17, 15) is 13.2 Å². The van der Waals surface area contributed by atoms with E-state index in [1.807, 2.05) is 60.7 Å². The van der Waals surface area contributed by atoms with Crippen molar-refractivity contribution in [1.29, 1.82) is 0 Å². The summed E-state index contributed by atoms with van der Waals surface area (Å²) >= 11 is 0. The van der Waals surface area contributed by atoms with Crippen LogP contribution in [-0.2, 0) is 6.18 Å². The largest absolute Gasteiger partial charge is 0.433 e. The molecule has 5 heteroatoms. The van der Waals surface area contributed by atoms with Gasteiger partial charge in [0.2, 0.25) is 0 Å². The fourth-order valence-electron chi connectivity index (χ4n) is 6.71. The molecule has 8 aromatic rings. The predicted molar refractivity (Wildman–Crippen MR) is 195 cm³/mol. The van der Waals surface area contributed by atoms with Crippen LogP contribution in [-0.4, -0.2) is 4.98 Å². The third-order valence-corrected chi connectivity index (χ3v) is 8.87. The molecule has 7 aromatic carbocycles. The molecule has 0 saturated heterocycles. The Balaban J connectivity index is 1.29. The van der Waals surface area contributed by atoms with Crippen molar-refractivity contribution in [2.45, 2.75) is 6.18 Å². The lowest BCUT2D eigenvalue weighted by Crippen LogP contribution is -2.15. The van der Waals surface area contributed by atoms with Gasteiger partial charge in [0.05, 0.1) is 0 Å². The lowest BCUT2D eigenvalue weighted by atomic mass is 9.85. The molecule has 49 heavy (non-hydrogen) atoms. The Morgan fingerprint density at radius 3 is 1.45 bits per heavy atom. The Morgan fingerprint density at radius 1 is 0.388 bits per heavy atom. The highest BCUT2D eigenvalue weighted by Gasteiger charge is 2.33. The highest BCUT2D eigenvalue weighted by molar-refractivity contribution is 6.21. The highest BCUT2D eigenvalue weighted by Crippen LogP contribution is 2.45. The lowest BCUT2D eigenvalue weighted by molar-refractivity contribution is -0.141. The molecular weight excluding hydrogens is 613 g/mol. The summed E-state index contributed by atoms with van der Waals surface area (Å²) in [5, 5.41) is 4.52. The first-order valence-electron chi connectivity index (χ1n) is 16.0. The molecule has 0 atom stereocenters. The molecule has 8 rings (SSSR count). The zero-order valence-corrected chi connectivity index (χ0v) is 26.3. The second-order valence-electron chi connectivity index (χ2n) is 11.9. The van der Waals surface area contributed by atoms with Crippen LogP contribution in [0.4, 0.5) is 30.4 Å². The van der Waals surface area contributed by atoms with Crippen LogP contribution in [0, 0.1) is 0 Å². The fraction of sp³-hybridized carbons (Fsp3) is 0.0227. The summed E-state index contributed by atoms with van der Waals surface area (Å²) in [6.07, 6.45) is -4.56. The van der Waals surface area contributed by atoms with Crippen LogP contribution < -0.4 is 4.90 Å². The fourth-order valence-corrected chi connectivity index (χ4v) is 6.71. The van der Waals surface area contributed by atoms with Crippen molar-refractivity contribution >= 4 is 38.7 Å². The monoisotopic (exact) mass is 642 g/mol. The van der Waals surface area contributed by atoms with Crippen molar-refractivity contribution < 1.29 is 13.2 Å². The highest BCUT2D eigenvalue weighted by atomic mass is 19.4. The second kappa shape index (κ2) is 12.4. The minimum absolute atomic E-state index is 0.187. The summed E-state index contributed by atoms with van der Waals surface area (Å²) in [5.74, 6) is 0.187. The molecule has 0 fully saturated rings. The number of alkyl halides is 3. The van der Waals surface area contributed by atoms with E-state index >= 15 is 0 Å². The normalized spacial score (nSPS) is 11.6. The SMILES string of the molecule is FC(F)(F)c1cccc(N(c2ccccc2)c2ccc(-c3c4ccccc4c(-c4cccc(-c5ccccc5)c4)c4ccccc34)cc2)n1. The molecule has 0 aliphatic heterocycles. The first-order chi connectivity index (χ1) is 24.0. The summed E-state index contributed by atoms with van der Waals surface area (Å²) in [7, 11) is 0. The predicted octanol–water partition coefficient (Wildman–Crippen LogP) is 12.9. The average Bonchev–Trinajstić information content (AvgIpc) is 3.15. The summed E-state index contributed by atoms with van der Waals surface area (Å²) in [5.41, 5.74) is 7.22. The minimum atomic E-state index is -4.56. The number of halogens is 3. The molecule has 0 aliphatic rings. The second-order valence-corrected chi connectivity index (χ2v) is 11.9. The molecule has 0 saturated carbocycles. The number of fused-ring (bicyclic) bond motifs is 2. The Labute approximate surface area is 282 Å². The van der Waals surface area contributed by atoms with Gasteiger partial charge in [0, 0.05) is 11.4 Å². The number of anilines is 3. The number of rotatable bonds is 6. The van der Waals surface area contributed by atoms with Crippen LogP contribution >= 0.6 is 0 Å². The number of aromatic nitrogens is 1. The van der Waals surface area contributed by atoms with E-state index in [0.29, 0.717) is 11.4 Å². The van der Waals surface area contributed by atoms with Crippen LogP contribution in [0.3, 0.4) is 0 Å². The number of nitrogens with zero attached hydrogens (tertiary/aromatic N) is 2. The van der Waals surface area contributed by atoms with E-state index in [1.165, 1.54) is 17.2 Å². The smallest absolute Gasteiger partial charge is 0.295 e. The van der Waals surface area contributed by atoms with Crippen molar-refractivity contribution in [3.63, 3.8) is 0 Å². The van der Waals surface area contributed by atoms with E-state index in [1.54, 1.807) is 11.0 Å². The quantitative estimate of drug-likeness (QED) is 0.168. The molecule has 0 amide bonds. The average molecular weight is 643 g/mol. The summed E-state index contributed by atoms with van der Waals surface area (Å²) in [6, 6.07) is 57.4. The summed E-state index contributed by atoms with van der Waals surface area (Å²) < 4.78 is 41.1. The van der Waals surface area contributed by atoms with Gasteiger partial charge in [-0.05, 0) is 97.4 Å². The number of hydrogen-bond acceptors (Lipinski definition) is 2. The number of hydrogen-bond donors (Lipinski definition) is 0. The van der Waals surface area contributed by atoms with Gasteiger partial charge in [-0.3, -0.25) is 4.90 Å². The summed E-state index contributed by atoms with van der Waals surface area (Å²) in [4.78, 5) is 5.77. The van der Waals surface area contributed by atoms with Crippen molar-refractivity contribution in [2.75, 3.05) is 4.90 Å². The Hall–Kier alpha value is -6.20. The molecule has 1 heterocycles. The first kappa shape index (κ1) is 30.2. The molecule has 1 aromatic heterocycles. The molecular formula is C44H29F3N2. The molecule has 0 N–H and O–H groups in total. The maximum atomic E-state index is 13.7. The van der Waals surface area contributed by atoms with Crippen LogP contribution in [0.15, 0.2) is 176 Å². The van der Waals surface area contributed by atoms with Crippen LogP contribution in [0.1, 0.15) is 5.69 Å². The Morgan fingerprint density at radius 2 is 0.857 bits per heavy atom. The molecule has 0 radical (unpaired) electrons. The van der Waals surface area contributed by atoms with Gasteiger partial charge >= 0.3 is 6.18 Å². The molecule has 236 valence electrons. The third kappa shape index (κ3) is 5.70. The van der Waals surface area contributed by atoms with Crippen molar-refractivity contribution in [2.24, 2.45) is 0 Å². The van der Waals surface area contributed by atoms with Gasteiger partial charge in [-0.1, -0.05) is 133 Å². The maximum Gasteiger partial charge on any atom is 0.433 e. The lowest BCUT2D eigenvalue weighted by Gasteiger charge is -2.25. The van der Waals surface area contributed by atoms with Crippen LogP contribution in [0.2, 0.25) is 0 Å². The van der Waals surface area contributed by atoms with Gasteiger partial charge in [-0.15, -0.1) is 0 Å². The Bertz CT molecular complexity index is 2360. The number of benzene rings is 7. The van der Waals surface area contributed by atoms with Crippen LogP contribution in [0.5, 0.6) is 0 Å². The number of pyridine rings is 1. The molecule has 0 spiro atoms.